The smallest absolute Gasteiger partial charge is 0.137 e. The third kappa shape index (κ3) is 3.83. The van der Waals surface area contributed by atoms with Crippen molar-refractivity contribution in [1.82, 2.24) is 0 Å². The highest BCUT2D eigenvalue weighted by atomic mass is 16.5. The van der Waals surface area contributed by atoms with Gasteiger partial charge in [0.1, 0.15) is 22.8 Å². The minimum Gasteiger partial charge on any atom is -0.497 e. The molecule has 0 atom stereocenters. The van der Waals surface area contributed by atoms with Crippen LogP contribution in [0.25, 0.3) is 22.3 Å². The Hall–Kier alpha value is -2.79. The predicted octanol–water partition coefficient (Wildman–Crippen LogP) is 3.66. The summed E-state index contributed by atoms with van der Waals surface area (Å²) in [6, 6.07) is 15.4. The summed E-state index contributed by atoms with van der Waals surface area (Å²) in [6.07, 6.45) is 0. The molecule has 5 nitrogen and oxygen atoms in total. The lowest BCUT2D eigenvalue weighted by atomic mass is 10.1. The van der Waals surface area contributed by atoms with Crippen molar-refractivity contribution in [3.63, 3.8) is 0 Å². The van der Waals surface area contributed by atoms with Crippen LogP contribution in [0.15, 0.2) is 57.9 Å². The van der Waals surface area contributed by atoms with E-state index in [-0.39, 0.29) is 0 Å². The van der Waals surface area contributed by atoms with Gasteiger partial charge in [0, 0.05) is 24.1 Å². The molecular formula is C20H21NO4. The van der Waals surface area contributed by atoms with Crippen LogP contribution in [0.3, 0.4) is 0 Å². The van der Waals surface area contributed by atoms with Gasteiger partial charge in [-0.15, -0.1) is 0 Å². The minimum atomic E-state index is 0.565. The second-order valence-electron chi connectivity index (χ2n) is 5.46. The summed E-state index contributed by atoms with van der Waals surface area (Å²) in [5.74, 6) is 2.32. The lowest BCUT2D eigenvalue weighted by molar-refractivity contribution is 0.207. The second-order valence-corrected chi connectivity index (χ2v) is 5.46. The Morgan fingerprint density at radius 3 is 2.28 bits per heavy atom. The summed E-state index contributed by atoms with van der Waals surface area (Å²) in [7, 11) is 4.96. The molecule has 0 N–H and O–H groups in total. The van der Waals surface area contributed by atoms with Crippen LogP contribution in [-0.2, 0) is 4.74 Å². The van der Waals surface area contributed by atoms with Gasteiger partial charge in [0.2, 0.25) is 0 Å². The van der Waals surface area contributed by atoms with Gasteiger partial charge < -0.3 is 18.6 Å². The maximum atomic E-state index is 6.08. The normalized spacial score (nSPS) is 11.7. The molecule has 3 rings (SSSR count). The van der Waals surface area contributed by atoms with Gasteiger partial charge in [-0.1, -0.05) is 0 Å². The SMILES string of the molecule is COCCN=c1cc(-c2ccc(OC)cc2)oc2ccc(OC)cc12. The first-order chi connectivity index (χ1) is 12.2. The number of nitrogens with zero attached hydrogens (tertiary/aromatic N) is 1. The van der Waals surface area contributed by atoms with Crippen LogP contribution in [0.1, 0.15) is 0 Å². The van der Waals surface area contributed by atoms with Gasteiger partial charge in [-0.2, -0.15) is 0 Å². The molecule has 0 radical (unpaired) electrons. The number of hydrogen-bond acceptors (Lipinski definition) is 5. The Kier molecular flexibility index (Phi) is 5.36. The fraction of sp³-hybridized carbons (Fsp3) is 0.250. The van der Waals surface area contributed by atoms with E-state index in [1.54, 1.807) is 21.3 Å². The summed E-state index contributed by atoms with van der Waals surface area (Å²) in [5, 5.41) is 1.76. The Morgan fingerprint density at radius 1 is 0.880 bits per heavy atom. The van der Waals surface area contributed by atoms with Gasteiger partial charge in [0.15, 0.2) is 0 Å². The molecule has 0 saturated carbocycles. The molecule has 0 aliphatic rings. The fourth-order valence-electron chi connectivity index (χ4n) is 2.56. The van der Waals surface area contributed by atoms with E-state index in [0.29, 0.717) is 13.2 Å². The van der Waals surface area contributed by atoms with E-state index in [1.165, 1.54) is 0 Å². The molecule has 25 heavy (non-hydrogen) atoms. The standard InChI is InChI=1S/C20H21NO4/c1-22-11-10-21-18-13-20(14-4-6-15(23-2)7-5-14)25-19-9-8-16(24-3)12-17(18)19/h4-9,12-13H,10-11H2,1-3H3. The number of hydrogen-bond donors (Lipinski definition) is 0. The minimum absolute atomic E-state index is 0.565. The van der Waals surface area contributed by atoms with E-state index in [1.807, 2.05) is 48.5 Å². The van der Waals surface area contributed by atoms with Gasteiger partial charge in [0.05, 0.1) is 32.7 Å². The van der Waals surface area contributed by atoms with Gasteiger partial charge in [-0.3, -0.25) is 4.99 Å². The number of benzene rings is 2. The number of ether oxygens (including phenoxy) is 3. The van der Waals surface area contributed by atoms with Crippen molar-refractivity contribution in [3.8, 4) is 22.8 Å². The molecule has 0 bridgehead atoms. The zero-order valence-electron chi connectivity index (χ0n) is 14.6. The molecule has 0 unspecified atom stereocenters. The lowest BCUT2D eigenvalue weighted by Crippen LogP contribution is -2.07. The summed E-state index contributed by atoms with van der Waals surface area (Å²) in [6.45, 7) is 1.14. The molecule has 5 heteroatoms. The van der Waals surface area contributed by atoms with Crippen molar-refractivity contribution in [2.24, 2.45) is 4.99 Å². The second kappa shape index (κ2) is 7.85. The van der Waals surface area contributed by atoms with E-state index in [4.69, 9.17) is 18.6 Å². The summed E-state index contributed by atoms with van der Waals surface area (Å²) in [4.78, 5) is 4.65. The molecule has 0 saturated heterocycles. The summed E-state index contributed by atoms with van der Waals surface area (Å²) in [5.41, 5.74) is 1.71. The van der Waals surface area contributed by atoms with Crippen LogP contribution < -0.4 is 14.8 Å². The maximum absolute atomic E-state index is 6.08. The molecule has 2 aromatic carbocycles. The van der Waals surface area contributed by atoms with E-state index in [2.05, 4.69) is 4.99 Å². The molecule has 3 aromatic rings. The molecule has 0 aliphatic heterocycles. The Labute approximate surface area is 146 Å². The van der Waals surface area contributed by atoms with Crippen LogP contribution in [-0.4, -0.2) is 34.5 Å². The van der Waals surface area contributed by atoms with E-state index in [0.717, 1.165) is 39.1 Å². The number of rotatable bonds is 6. The van der Waals surface area contributed by atoms with Crippen molar-refractivity contribution in [1.29, 1.82) is 0 Å². The maximum Gasteiger partial charge on any atom is 0.137 e. The third-order valence-electron chi connectivity index (χ3n) is 3.90. The Balaban J connectivity index is 2.14. The largest absolute Gasteiger partial charge is 0.497 e. The van der Waals surface area contributed by atoms with Gasteiger partial charge >= 0.3 is 0 Å². The first kappa shape index (κ1) is 17.0. The van der Waals surface area contributed by atoms with E-state index < -0.39 is 0 Å². The first-order valence-corrected chi connectivity index (χ1v) is 8.01. The first-order valence-electron chi connectivity index (χ1n) is 8.01. The molecule has 1 heterocycles. The molecule has 130 valence electrons. The van der Waals surface area contributed by atoms with Crippen molar-refractivity contribution >= 4 is 11.0 Å². The van der Waals surface area contributed by atoms with Crippen LogP contribution >= 0.6 is 0 Å². The molecule has 0 amide bonds. The highest BCUT2D eigenvalue weighted by molar-refractivity contribution is 5.80. The lowest BCUT2D eigenvalue weighted by Gasteiger charge is -2.07. The van der Waals surface area contributed by atoms with Crippen molar-refractivity contribution in [2.75, 3.05) is 34.5 Å². The molecule has 0 aliphatic carbocycles. The van der Waals surface area contributed by atoms with Crippen LogP contribution in [0.2, 0.25) is 0 Å². The zero-order valence-corrected chi connectivity index (χ0v) is 14.6. The highest BCUT2D eigenvalue weighted by Gasteiger charge is 2.07. The number of methoxy groups -OCH3 is 3. The quantitative estimate of drug-likeness (QED) is 0.643. The average molecular weight is 339 g/mol. The Bertz CT molecular complexity index is 913. The zero-order chi connectivity index (χ0) is 17.6. The Morgan fingerprint density at radius 2 is 1.60 bits per heavy atom. The third-order valence-corrected chi connectivity index (χ3v) is 3.90. The van der Waals surface area contributed by atoms with E-state index in [9.17, 15) is 0 Å². The van der Waals surface area contributed by atoms with Crippen molar-refractivity contribution < 1.29 is 18.6 Å². The fourth-order valence-corrected chi connectivity index (χ4v) is 2.56. The van der Waals surface area contributed by atoms with Gasteiger partial charge in [-0.25, -0.2) is 0 Å². The van der Waals surface area contributed by atoms with Crippen molar-refractivity contribution in [3.05, 3.63) is 53.9 Å². The van der Waals surface area contributed by atoms with Gasteiger partial charge in [0.25, 0.3) is 0 Å². The predicted molar refractivity (Wildman–Crippen MR) is 97.1 cm³/mol. The average Bonchev–Trinajstić information content (AvgIpc) is 2.67. The molecule has 0 spiro atoms. The monoisotopic (exact) mass is 339 g/mol. The van der Waals surface area contributed by atoms with Crippen LogP contribution in [0.4, 0.5) is 0 Å². The van der Waals surface area contributed by atoms with Crippen molar-refractivity contribution in [2.45, 2.75) is 0 Å². The highest BCUT2D eigenvalue weighted by Crippen LogP contribution is 2.26. The van der Waals surface area contributed by atoms with Crippen LogP contribution in [0, 0.1) is 0 Å². The molecular weight excluding hydrogens is 318 g/mol. The summed E-state index contributed by atoms with van der Waals surface area (Å²) < 4.78 is 21.7. The van der Waals surface area contributed by atoms with Crippen LogP contribution in [0.5, 0.6) is 11.5 Å². The topological polar surface area (TPSA) is 53.2 Å². The molecule has 1 aromatic heterocycles. The summed E-state index contributed by atoms with van der Waals surface area (Å²) >= 11 is 0. The number of fused-ring (bicyclic) bond motifs is 1. The molecule has 0 fully saturated rings. The van der Waals surface area contributed by atoms with Gasteiger partial charge in [-0.05, 0) is 42.5 Å². The van der Waals surface area contributed by atoms with E-state index >= 15 is 0 Å².